The fourth-order valence-electron chi connectivity index (χ4n) is 3.61. The number of rotatable bonds is 2. The summed E-state index contributed by atoms with van der Waals surface area (Å²) < 4.78 is 0. The first-order valence-electron chi connectivity index (χ1n) is 7.98. The van der Waals surface area contributed by atoms with Gasteiger partial charge >= 0.3 is 0 Å². The molecule has 0 amide bonds. The highest BCUT2D eigenvalue weighted by Gasteiger charge is 2.35. The summed E-state index contributed by atoms with van der Waals surface area (Å²) >= 11 is 0. The smallest absolute Gasteiger partial charge is 0.222 e. The number of fused-ring (bicyclic) bond motifs is 1. The van der Waals surface area contributed by atoms with Gasteiger partial charge in [0.2, 0.25) is 5.95 Å². The number of nitrogens with two attached hydrogens (primary N) is 1. The normalized spacial score (nSPS) is 24.3. The van der Waals surface area contributed by atoms with Crippen LogP contribution in [0.1, 0.15) is 12.8 Å². The summed E-state index contributed by atoms with van der Waals surface area (Å²) in [6, 6.07) is 12.8. The molecule has 1 aromatic heterocycles. The number of anilines is 2. The van der Waals surface area contributed by atoms with Crippen LogP contribution in [-0.4, -0.2) is 35.6 Å². The first kappa shape index (κ1) is 13.5. The third kappa shape index (κ3) is 2.52. The van der Waals surface area contributed by atoms with Crippen LogP contribution in [0.3, 0.4) is 0 Å². The van der Waals surface area contributed by atoms with E-state index < -0.39 is 0 Å². The molecule has 0 radical (unpaired) electrons. The number of piperidine rings is 1. The molecule has 3 N–H and O–H groups in total. The zero-order valence-electron chi connectivity index (χ0n) is 12.6. The highest BCUT2D eigenvalue weighted by Crippen LogP contribution is 2.30. The van der Waals surface area contributed by atoms with Gasteiger partial charge < -0.3 is 16.0 Å². The quantitative estimate of drug-likeness (QED) is 0.886. The molecule has 114 valence electrons. The molecule has 2 aromatic rings. The predicted molar refractivity (Wildman–Crippen MR) is 88.6 cm³/mol. The second-order valence-corrected chi connectivity index (χ2v) is 6.20. The minimum atomic E-state index is 0.346. The molecule has 1 aromatic carbocycles. The van der Waals surface area contributed by atoms with Crippen LogP contribution in [0.15, 0.2) is 36.4 Å². The molecule has 22 heavy (non-hydrogen) atoms. The number of hydrogen-bond donors (Lipinski definition) is 2. The van der Waals surface area contributed by atoms with E-state index in [4.69, 9.17) is 5.73 Å². The average Bonchev–Trinajstić information content (AvgIpc) is 2.99. The van der Waals surface area contributed by atoms with Gasteiger partial charge in [-0.05, 0) is 25.3 Å². The highest BCUT2D eigenvalue weighted by molar-refractivity contribution is 5.64. The summed E-state index contributed by atoms with van der Waals surface area (Å²) in [6.45, 7) is 3.20. The molecule has 5 nitrogen and oxygen atoms in total. The molecule has 2 fully saturated rings. The molecule has 0 unspecified atom stereocenters. The Kier molecular flexibility index (Phi) is 3.42. The van der Waals surface area contributed by atoms with Gasteiger partial charge in [-0.15, -0.1) is 0 Å². The van der Waals surface area contributed by atoms with E-state index in [0.717, 1.165) is 42.6 Å². The molecule has 0 bridgehead atoms. The number of nitrogens with zero attached hydrogens (tertiary/aromatic N) is 3. The topological polar surface area (TPSA) is 67.1 Å². The Morgan fingerprint density at radius 2 is 2.00 bits per heavy atom. The molecule has 0 aliphatic carbocycles. The largest absolute Gasteiger partial charge is 0.368 e. The molecule has 2 aliphatic heterocycles. The van der Waals surface area contributed by atoms with Crippen molar-refractivity contribution in [3.8, 4) is 11.3 Å². The maximum absolute atomic E-state index is 5.95. The van der Waals surface area contributed by atoms with Crippen LogP contribution in [0.4, 0.5) is 11.8 Å². The fraction of sp³-hybridized carbons (Fsp3) is 0.412. The summed E-state index contributed by atoms with van der Waals surface area (Å²) in [5.41, 5.74) is 7.92. The standard InChI is InChI=1S/C17H21N5/c18-17-20-14(12-5-2-1-3-6-12)9-16(21-17)22-10-13-7-4-8-19-15(13)11-22/h1-3,5-6,9,13,15,19H,4,7-8,10-11H2,(H2,18,20,21)/t13-,15+/m1/s1. The van der Waals surface area contributed by atoms with Gasteiger partial charge in [-0.3, -0.25) is 0 Å². The van der Waals surface area contributed by atoms with Crippen LogP contribution in [0.5, 0.6) is 0 Å². The van der Waals surface area contributed by atoms with Crippen molar-refractivity contribution < 1.29 is 0 Å². The second kappa shape index (κ2) is 5.57. The van der Waals surface area contributed by atoms with Gasteiger partial charge in [-0.2, -0.15) is 4.98 Å². The van der Waals surface area contributed by atoms with Gasteiger partial charge in [0, 0.05) is 30.8 Å². The van der Waals surface area contributed by atoms with Crippen molar-refractivity contribution in [2.24, 2.45) is 5.92 Å². The Labute approximate surface area is 130 Å². The van der Waals surface area contributed by atoms with Crippen LogP contribution in [0.2, 0.25) is 0 Å². The number of nitrogen functional groups attached to an aromatic ring is 1. The molecule has 4 rings (SSSR count). The lowest BCUT2D eigenvalue weighted by molar-refractivity contribution is 0.340. The Morgan fingerprint density at radius 1 is 1.14 bits per heavy atom. The van der Waals surface area contributed by atoms with Gasteiger partial charge in [-0.1, -0.05) is 30.3 Å². The first-order chi connectivity index (χ1) is 10.8. The fourth-order valence-corrected chi connectivity index (χ4v) is 3.61. The number of aromatic nitrogens is 2. The van der Waals surface area contributed by atoms with E-state index in [1.54, 1.807) is 0 Å². The summed E-state index contributed by atoms with van der Waals surface area (Å²) in [7, 11) is 0. The lowest BCUT2D eigenvalue weighted by Gasteiger charge is -2.24. The van der Waals surface area contributed by atoms with Crippen LogP contribution in [0.25, 0.3) is 11.3 Å². The van der Waals surface area contributed by atoms with E-state index in [1.165, 1.54) is 12.8 Å². The zero-order chi connectivity index (χ0) is 14.9. The van der Waals surface area contributed by atoms with Crippen molar-refractivity contribution in [3.05, 3.63) is 36.4 Å². The van der Waals surface area contributed by atoms with Crippen molar-refractivity contribution in [2.45, 2.75) is 18.9 Å². The van der Waals surface area contributed by atoms with Crippen molar-refractivity contribution in [1.29, 1.82) is 0 Å². The summed E-state index contributed by atoms with van der Waals surface area (Å²) in [5, 5.41) is 3.63. The van der Waals surface area contributed by atoms with Crippen molar-refractivity contribution in [2.75, 3.05) is 30.3 Å². The highest BCUT2D eigenvalue weighted by atomic mass is 15.3. The SMILES string of the molecule is Nc1nc(-c2ccccc2)cc(N2C[C@H]3CCCN[C@H]3C2)n1. The first-order valence-corrected chi connectivity index (χ1v) is 7.98. The number of benzene rings is 1. The van der Waals surface area contributed by atoms with Gasteiger partial charge in [0.05, 0.1) is 5.69 Å². The molecule has 0 saturated carbocycles. The average molecular weight is 295 g/mol. The minimum absolute atomic E-state index is 0.346. The Bertz CT molecular complexity index is 643. The Hall–Kier alpha value is -2.14. The molecule has 0 spiro atoms. The maximum atomic E-state index is 5.95. The maximum Gasteiger partial charge on any atom is 0.222 e. The van der Waals surface area contributed by atoms with Crippen molar-refractivity contribution in [1.82, 2.24) is 15.3 Å². The van der Waals surface area contributed by atoms with E-state index in [0.29, 0.717) is 12.0 Å². The van der Waals surface area contributed by atoms with Gasteiger partial charge in [0.15, 0.2) is 0 Å². The van der Waals surface area contributed by atoms with Crippen LogP contribution < -0.4 is 16.0 Å². The van der Waals surface area contributed by atoms with Gasteiger partial charge in [-0.25, -0.2) is 4.98 Å². The molecular formula is C17H21N5. The summed E-state index contributed by atoms with van der Waals surface area (Å²) in [4.78, 5) is 11.2. The van der Waals surface area contributed by atoms with E-state index in [9.17, 15) is 0 Å². The molecule has 2 saturated heterocycles. The molecule has 3 heterocycles. The monoisotopic (exact) mass is 295 g/mol. The van der Waals surface area contributed by atoms with Crippen molar-refractivity contribution >= 4 is 11.8 Å². The van der Waals surface area contributed by atoms with Gasteiger partial charge in [0.25, 0.3) is 0 Å². The lowest BCUT2D eigenvalue weighted by Crippen LogP contribution is -2.40. The summed E-state index contributed by atoms with van der Waals surface area (Å²) in [5.74, 6) is 2.02. The van der Waals surface area contributed by atoms with Crippen LogP contribution in [-0.2, 0) is 0 Å². The zero-order valence-corrected chi connectivity index (χ0v) is 12.6. The predicted octanol–water partition coefficient (Wildman–Crippen LogP) is 1.91. The van der Waals surface area contributed by atoms with E-state index >= 15 is 0 Å². The molecular weight excluding hydrogens is 274 g/mol. The van der Waals surface area contributed by atoms with Crippen LogP contribution in [0, 0.1) is 5.92 Å². The van der Waals surface area contributed by atoms with Crippen LogP contribution >= 0.6 is 0 Å². The molecule has 5 heteroatoms. The van der Waals surface area contributed by atoms with E-state index in [-0.39, 0.29) is 0 Å². The Morgan fingerprint density at radius 3 is 2.82 bits per heavy atom. The van der Waals surface area contributed by atoms with Gasteiger partial charge in [0.1, 0.15) is 5.82 Å². The number of hydrogen-bond acceptors (Lipinski definition) is 5. The summed E-state index contributed by atoms with van der Waals surface area (Å²) in [6.07, 6.45) is 2.58. The second-order valence-electron chi connectivity index (χ2n) is 6.20. The minimum Gasteiger partial charge on any atom is -0.368 e. The Balaban J connectivity index is 1.64. The third-order valence-electron chi connectivity index (χ3n) is 4.72. The van der Waals surface area contributed by atoms with E-state index in [1.807, 2.05) is 18.2 Å². The number of nitrogens with one attached hydrogen (secondary N) is 1. The molecule has 2 atom stereocenters. The van der Waals surface area contributed by atoms with Crippen molar-refractivity contribution in [3.63, 3.8) is 0 Å². The van der Waals surface area contributed by atoms with E-state index in [2.05, 4.69) is 38.4 Å². The lowest BCUT2D eigenvalue weighted by atomic mass is 9.94. The molecule has 2 aliphatic rings. The third-order valence-corrected chi connectivity index (χ3v) is 4.72.